The Kier molecular flexibility index (Phi) is 9.61. The number of oxazole rings is 1. The van der Waals surface area contributed by atoms with Gasteiger partial charge in [0.15, 0.2) is 5.78 Å². The van der Waals surface area contributed by atoms with E-state index in [4.69, 9.17) is 18.3 Å². The summed E-state index contributed by atoms with van der Waals surface area (Å²) >= 11 is 0. The van der Waals surface area contributed by atoms with E-state index in [0.29, 0.717) is 53.9 Å². The summed E-state index contributed by atoms with van der Waals surface area (Å²) in [5.41, 5.74) is 4.67. The summed E-state index contributed by atoms with van der Waals surface area (Å²) in [6, 6.07) is 34.2. The SMILES string of the molecule is COCc1nnc(CC(Nc2ccccc2C(=O)c2ccccc2)c2ccc(OCCc3nc(-c4ccccc4)oc3C)cc2)o1. The van der Waals surface area contributed by atoms with Gasteiger partial charge in [0.2, 0.25) is 17.7 Å². The summed E-state index contributed by atoms with van der Waals surface area (Å²) in [6.45, 7) is 2.60. The van der Waals surface area contributed by atoms with Gasteiger partial charge in [-0.05, 0) is 48.9 Å². The molecule has 4 aromatic carbocycles. The predicted octanol–water partition coefficient (Wildman–Crippen LogP) is 7.43. The quantitative estimate of drug-likeness (QED) is 0.125. The van der Waals surface area contributed by atoms with Gasteiger partial charge in [0.1, 0.15) is 18.1 Å². The van der Waals surface area contributed by atoms with Gasteiger partial charge in [-0.3, -0.25) is 4.79 Å². The van der Waals surface area contributed by atoms with Crippen LogP contribution in [0.25, 0.3) is 11.5 Å². The lowest BCUT2D eigenvalue weighted by Crippen LogP contribution is -2.16. The molecule has 0 bridgehead atoms. The molecule has 232 valence electrons. The van der Waals surface area contributed by atoms with Crippen LogP contribution in [0.15, 0.2) is 118 Å². The molecular weight excluding hydrogens is 580 g/mol. The van der Waals surface area contributed by atoms with Crippen LogP contribution < -0.4 is 10.1 Å². The lowest BCUT2D eigenvalue weighted by atomic mass is 9.99. The minimum Gasteiger partial charge on any atom is -0.493 e. The number of rotatable bonds is 14. The standard InChI is InChI=1S/C37H34N4O5/c1-25-31(39-37(45-25)28-13-7-4-8-14-28)21-22-44-29-19-17-26(18-20-29)33(23-34-40-41-35(46-34)24-43-2)38-32-16-10-9-15-30(32)36(42)27-11-5-3-6-12-27/h3-20,33,38H,21-24H2,1-2H3. The van der Waals surface area contributed by atoms with Gasteiger partial charge < -0.3 is 23.6 Å². The number of ether oxygens (including phenoxy) is 2. The molecule has 9 nitrogen and oxygen atoms in total. The van der Waals surface area contributed by atoms with E-state index in [9.17, 15) is 4.79 Å². The molecule has 46 heavy (non-hydrogen) atoms. The summed E-state index contributed by atoms with van der Waals surface area (Å²) in [5.74, 6) is 2.91. The van der Waals surface area contributed by atoms with Crippen LogP contribution in [0.5, 0.6) is 5.75 Å². The number of carbonyl (C=O) groups excluding carboxylic acids is 1. The zero-order valence-corrected chi connectivity index (χ0v) is 25.7. The maximum absolute atomic E-state index is 13.4. The van der Waals surface area contributed by atoms with Gasteiger partial charge in [0, 0.05) is 35.9 Å². The van der Waals surface area contributed by atoms with Gasteiger partial charge in [0.25, 0.3) is 0 Å². The Labute approximate surface area is 267 Å². The number of hydrogen-bond acceptors (Lipinski definition) is 9. The minimum absolute atomic E-state index is 0.0652. The first-order chi connectivity index (χ1) is 22.6. The summed E-state index contributed by atoms with van der Waals surface area (Å²) in [4.78, 5) is 18.1. The number of hydrogen-bond donors (Lipinski definition) is 1. The van der Waals surface area contributed by atoms with Crippen molar-refractivity contribution in [1.82, 2.24) is 15.2 Å². The van der Waals surface area contributed by atoms with E-state index in [1.807, 2.05) is 116 Å². The molecule has 1 atom stereocenters. The fourth-order valence-corrected chi connectivity index (χ4v) is 5.15. The van der Waals surface area contributed by atoms with Crippen molar-refractivity contribution in [3.8, 4) is 17.2 Å². The fourth-order valence-electron chi connectivity index (χ4n) is 5.15. The van der Waals surface area contributed by atoms with Gasteiger partial charge in [-0.2, -0.15) is 0 Å². The Hall–Kier alpha value is -5.54. The Morgan fingerprint density at radius 2 is 1.52 bits per heavy atom. The Bertz CT molecular complexity index is 1870. The average molecular weight is 615 g/mol. The third-order valence-corrected chi connectivity index (χ3v) is 7.50. The molecule has 0 aliphatic heterocycles. The molecule has 0 saturated heterocycles. The van der Waals surface area contributed by atoms with Crippen LogP contribution in [-0.4, -0.2) is 34.7 Å². The van der Waals surface area contributed by atoms with Crippen molar-refractivity contribution in [1.29, 1.82) is 0 Å². The van der Waals surface area contributed by atoms with Crippen LogP contribution in [0.2, 0.25) is 0 Å². The summed E-state index contributed by atoms with van der Waals surface area (Å²) in [7, 11) is 1.58. The molecule has 9 heteroatoms. The monoisotopic (exact) mass is 614 g/mol. The number of carbonyl (C=O) groups is 1. The third kappa shape index (κ3) is 7.39. The highest BCUT2D eigenvalue weighted by Gasteiger charge is 2.21. The van der Waals surface area contributed by atoms with Crippen LogP contribution in [0, 0.1) is 6.92 Å². The van der Waals surface area contributed by atoms with Crippen molar-refractivity contribution in [3.05, 3.63) is 149 Å². The number of para-hydroxylation sites is 1. The number of aromatic nitrogens is 3. The maximum Gasteiger partial charge on any atom is 0.242 e. The van der Waals surface area contributed by atoms with Gasteiger partial charge in [0.05, 0.1) is 24.8 Å². The normalized spacial score (nSPS) is 11.7. The number of nitrogens with one attached hydrogen (secondary N) is 1. The molecule has 6 rings (SSSR count). The number of aryl methyl sites for hydroxylation is 1. The fraction of sp³-hybridized carbons (Fsp3) is 0.189. The number of nitrogens with zero attached hydrogens (tertiary/aromatic N) is 3. The molecule has 1 unspecified atom stereocenters. The molecule has 1 N–H and O–H groups in total. The molecule has 0 spiro atoms. The highest BCUT2D eigenvalue weighted by Crippen LogP contribution is 2.29. The molecule has 6 aromatic rings. The zero-order valence-electron chi connectivity index (χ0n) is 25.7. The Morgan fingerprint density at radius 3 is 2.28 bits per heavy atom. The molecule has 0 fully saturated rings. The van der Waals surface area contributed by atoms with E-state index in [1.165, 1.54) is 0 Å². The van der Waals surface area contributed by atoms with Crippen molar-refractivity contribution >= 4 is 11.5 Å². The molecule has 0 amide bonds. The van der Waals surface area contributed by atoms with E-state index >= 15 is 0 Å². The molecule has 0 radical (unpaired) electrons. The lowest BCUT2D eigenvalue weighted by molar-refractivity contribution is 0.103. The average Bonchev–Trinajstić information content (AvgIpc) is 3.71. The van der Waals surface area contributed by atoms with E-state index < -0.39 is 0 Å². The topological polar surface area (TPSA) is 113 Å². The molecular formula is C37H34N4O5. The first-order valence-corrected chi connectivity index (χ1v) is 15.1. The van der Waals surface area contributed by atoms with E-state index in [2.05, 4.69) is 20.5 Å². The second kappa shape index (κ2) is 14.5. The van der Waals surface area contributed by atoms with Crippen LogP contribution in [0.3, 0.4) is 0 Å². The smallest absolute Gasteiger partial charge is 0.242 e. The van der Waals surface area contributed by atoms with Crippen LogP contribution in [-0.2, 0) is 24.2 Å². The van der Waals surface area contributed by atoms with Crippen molar-refractivity contribution in [2.75, 3.05) is 19.0 Å². The molecule has 0 aliphatic rings. The van der Waals surface area contributed by atoms with Gasteiger partial charge >= 0.3 is 0 Å². The summed E-state index contributed by atoms with van der Waals surface area (Å²) in [6.07, 6.45) is 1.00. The van der Waals surface area contributed by atoms with Crippen LogP contribution >= 0.6 is 0 Å². The minimum atomic E-state index is -0.288. The number of benzene rings is 4. The van der Waals surface area contributed by atoms with Gasteiger partial charge in [-0.1, -0.05) is 72.8 Å². The van der Waals surface area contributed by atoms with Crippen molar-refractivity contribution < 1.29 is 23.1 Å². The van der Waals surface area contributed by atoms with Crippen molar-refractivity contribution in [2.45, 2.75) is 32.4 Å². The second-order valence-corrected chi connectivity index (χ2v) is 10.7. The highest BCUT2D eigenvalue weighted by atomic mass is 16.5. The first-order valence-electron chi connectivity index (χ1n) is 15.1. The number of methoxy groups -OCH3 is 1. The predicted molar refractivity (Wildman–Crippen MR) is 174 cm³/mol. The molecule has 0 saturated carbocycles. The third-order valence-electron chi connectivity index (χ3n) is 7.50. The first kappa shape index (κ1) is 30.5. The van der Waals surface area contributed by atoms with Crippen molar-refractivity contribution in [2.24, 2.45) is 0 Å². The van der Waals surface area contributed by atoms with Crippen molar-refractivity contribution in [3.63, 3.8) is 0 Å². The highest BCUT2D eigenvalue weighted by molar-refractivity contribution is 6.12. The number of ketones is 1. The van der Waals surface area contributed by atoms with Gasteiger partial charge in [-0.25, -0.2) is 4.98 Å². The number of anilines is 1. The van der Waals surface area contributed by atoms with Gasteiger partial charge in [-0.15, -0.1) is 10.2 Å². The Balaban J connectivity index is 1.18. The molecule has 0 aliphatic carbocycles. The van der Waals surface area contributed by atoms with E-state index in [1.54, 1.807) is 7.11 Å². The molecule has 2 heterocycles. The molecule has 2 aromatic heterocycles. The van der Waals surface area contributed by atoms with E-state index in [-0.39, 0.29) is 18.4 Å². The largest absolute Gasteiger partial charge is 0.493 e. The summed E-state index contributed by atoms with van der Waals surface area (Å²) < 4.78 is 22.9. The Morgan fingerprint density at radius 1 is 0.826 bits per heavy atom. The lowest BCUT2D eigenvalue weighted by Gasteiger charge is -2.21. The van der Waals surface area contributed by atoms with Crippen LogP contribution in [0.1, 0.15) is 50.8 Å². The summed E-state index contributed by atoms with van der Waals surface area (Å²) in [5, 5.41) is 11.9. The van der Waals surface area contributed by atoms with E-state index in [0.717, 1.165) is 28.3 Å². The zero-order chi connectivity index (χ0) is 31.7. The maximum atomic E-state index is 13.4. The van der Waals surface area contributed by atoms with Crippen LogP contribution in [0.4, 0.5) is 5.69 Å². The second-order valence-electron chi connectivity index (χ2n) is 10.7.